The fourth-order valence-electron chi connectivity index (χ4n) is 1.66. The molecule has 1 aromatic rings. The van der Waals surface area contributed by atoms with Crippen LogP contribution in [0.2, 0.25) is 0 Å². The Kier molecular flexibility index (Phi) is 2.59. The van der Waals surface area contributed by atoms with Gasteiger partial charge in [-0.05, 0) is 18.4 Å². The minimum absolute atomic E-state index is 0.171. The summed E-state index contributed by atoms with van der Waals surface area (Å²) in [6.45, 7) is 0.541. The molecule has 0 aliphatic carbocycles. The molecule has 0 bridgehead atoms. The van der Waals surface area contributed by atoms with Crippen molar-refractivity contribution in [1.82, 2.24) is 0 Å². The summed E-state index contributed by atoms with van der Waals surface area (Å²) in [6.07, 6.45) is 1.71. The van der Waals surface area contributed by atoms with Gasteiger partial charge < -0.3 is 4.74 Å². The molecule has 2 rings (SSSR count). The summed E-state index contributed by atoms with van der Waals surface area (Å²) in [5.41, 5.74) is 0.977. The van der Waals surface area contributed by atoms with Gasteiger partial charge in [-0.15, -0.1) is 0 Å². The summed E-state index contributed by atoms with van der Waals surface area (Å²) in [5, 5.41) is 0. The first-order valence-corrected chi connectivity index (χ1v) is 5.44. The molecule has 0 amide bonds. The number of carbonyl (C=O) groups is 1. The standard InChI is InChI=1S/C11H11BrO2/c12-11(7-4-8-14-10(11)13)9-5-2-1-3-6-9/h1-3,5-6H,4,7-8H2/t11-/m0/s1. The third kappa shape index (κ3) is 1.57. The summed E-state index contributed by atoms with van der Waals surface area (Å²) in [7, 11) is 0. The maximum atomic E-state index is 11.6. The normalized spacial score (nSPS) is 27.1. The second-order valence-corrected chi connectivity index (χ2v) is 4.76. The van der Waals surface area contributed by atoms with E-state index >= 15 is 0 Å². The molecule has 0 saturated carbocycles. The maximum Gasteiger partial charge on any atom is 0.327 e. The molecule has 0 N–H and O–H groups in total. The van der Waals surface area contributed by atoms with E-state index in [1.807, 2.05) is 30.3 Å². The van der Waals surface area contributed by atoms with E-state index in [1.54, 1.807) is 0 Å². The average molecular weight is 255 g/mol. The van der Waals surface area contributed by atoms with Gasteiger partial charge >= 0.3 is 5.97 Å². The molecule has 0 aromatic heterocycles. The SMILES string of the molecule is O=C1OCCC[C@]1(Br)c1ccccc1. The average Bonchev–Trinajstić information content (AvgIpc) is 2.24. The highest BCUT2D eigenvalue weighted by Crippen LogP contribution is 2.39. The molecule has 1 atom stereocenters. The van der Waals surface area contributed by atoms with E-state index in [0.717, 1.165) is 18.4 Å². The highest BCUT2D eigenvalue weighted by molar-refractivity contribution is 9.10. The van der Waals surface area contributed by atoms with Crippen molar-refractivity contribution < 1.29 is 9.53 Å². The molecule has 0 spiro atoms. The molecule has 1 aliphatic rings. The van der Waals surface area contributed by atoms with Gasteiger partial charge in [0, 0.05) is 0 Å². The van der Waals surface area contributed by atoms with Gasteiger partial charge in [-0.25, -0.2) is 0 Å². The number of benzene rings is 1. The largest absolute Gasteiger partial charge is 0.464 e. The Labute approximate surface area is 91.4 Å². The molecular formula is C11H11BrO2. The summed E-state index contributed by atoms with van der Waals surface area (Å²) in [6, 6.07) is 9.69. The zero-order valence-corrected chi connectivity index (χ0v) is 9.29. The van der Waals surface area contributed by atoms with Gasteiger partial charge in [-0.1, -0.05) is 46.3 Å². The summed E-state index contributed by atoms with van der Waals surface area (Å²) >= 11 is 3.49. The van der Waals surface area contributed by atoms with Crippen LogP contribution in [0, 0.1) is 0 Å². The lowest BCUT2D eigenvalue weighted by molar-refractivity contribution is -0.150. The summed E-state index contributed by atoms with van der Waals surface area (Å²) in [4.78, 5) is 11.6. The van der Waals surface area contributed by atoms with Gasteiger partial charge in [0.05, 0.1) is 6.61 Å². The summed E-state index contributed by atoms with van der Waals surface area (Å²) in [5.74, 6) is -0.171. The number of halogens is 1. The Balaban J connectivity index is 2.35. The van der Waals surface area contributed by atoms with Crippen LogP contribution in [0.25, 0.3) is 0 Å². The van der Waals surface area contributed by atoms with Gasteiger partial charge in [-0.3, -0.25) is 4.79 Å². The van der Waals surface area contributed by atoms with Crippen molar-refractivity contribution in [2.45, 2.75) is 17.2 Å². The van der Waals surface area contributed by atoms with Gasteiger partial charge in [0.2, 0.25) is 0 Å². The quantitative estimate of drug-likeness (QED) is 0.569. The molecule has 1 aliphatic heterocycles. The van der Waals surface area contributed by atoms with Crippen molar-refractivity contribution in [1.29, 1.82) is 0 Å². The van der Waals surface area contributed by atoms with Crippen LogP contribution in [0.5, 0.6) is 0 Å². The van der Waals surface area contributed by atoms with Crippen molar-refractivity contribution in [3.8, 4) is 0 Å². The third-order valence-electron chi connectivity index (χ3n) is 2.45. The lowest BCUT2D eigenvalue weighted by Gasteiger charge is -2.29. The van der Waals surface area contributed by atoms with E-state index in [4.69, 9.17) is 4.74 Å². The van der Waals surface area contributed by atoms with E-state index in [-0.39, 0.29) is 5.97 Å². The van der Waals surface area contributed by atoms with Crippen LogP contribution in [0.4, 0.5) is 0 Å². The first-order chi connectivity index (χ1) is 6.73. The van der Waals surface area contributed by atoms with Crippen LogP contribution in [-0.2, 0) is 13.9 Å². The maximum absolute atomic E-state index is 11.6. The summed E-state index contributed by atoms with van der Waals surface area (Å²) < 4.78 is 4.44. The molecule has 3 heteroatoms. The van der Waals surface area contributed by atoms with E-state index in [1.165, 1.54) is 0 Å². The van der Waals surface area contributed by atoms with Crippen LogP contribution in [0.3, 0.4) is 0 Å². The molecule has 14 heavy (non-hydrogen) atoms. The molecule has 74 valence electrons. The van der Waals surface area contributed by atoms with Crippen molar-refractivity contribution in [2.24, 2.45) is 0 Å². The van der Waals surface area contributed by atoms with Crippen LogP contribution >= 0.6 is 15.9 Å². The number of rotatable bonds is 1. The fraction of sp³-hybridized carbons (Fsp3) is 0.364. The topological polar surface area (TPSA) is 26.3 Å². The third-order valence-corrected chi connectivity index (χ3v) is 3.63. The number of hydrogen-bond acceptors (Lipinski definition) is 2. The van der Waals surface area contributed by atoms with Crippen molar-refractivity contribution in [3.63, 3.8) is 0 Å². The fourth-order valence-corrected chi connectivity index (χ4v) is 2.32. The zero-order valence-electron chi connectivity index (χ0n) is 7.70. The molecule has 1 heterocycles. The molecule has 1 saturated heterocycles. The predicted octanol–water partition coefficient (Wildman–Crippen LogP) is 2.61. The van der Waals surface area contributed by atoms with E-state index in [0.29, 0.717) is 6.61 Å². The minimum atomic E-state index is -0.619. The second-order valence-electron chi connectivity index (χ2n) is 3.41. The van der Waals surface area contributed by atoms with E-state index in [2.05, 4.69) is 15.9 Å². The van der Waals surface area contributed by atoms with Crippen LogP contribution < -0.4 is 0 Å². The van der Waals surface area contributed by atoms with Gasteiger partial charge in [0.25, 0.3) is 0 Å². The smallest absolute Gasteiger partial charge is 0.327 e. The molecule has 2 nitrogen and oxygen atoms in total. The zero-order chi connectivity index (χ0) is 10.0. The minimum Gasteiger partial charge on any atom is -0.464 e. The molecular weight excluding hydrogens is 244 g/mol. The van der Waals surface area contributed by atoms with E-state index < -0.39 is 4.32 Å². The van der Waals surface area contributed by atoms with Crippen LogP contribution in [0.15, 0.2) is 30.3 Å². The first kappa shape index (κ1) is 9.71. The Hall–Kier alpha value is -0.830. The van der Waals surface area contributed by atoms with Crippen molar-refractivity contribution >= 4 is 21.9 Å². The molecule has 0 unspecified atom stereocenters. The van der Waals surface area contributed by atoms with Crippen molar-refractivity contribution in [2.75, 3.05) is 6.61 Å². The predicted molar refractivity (Wildman–Crippen MR) is 57.2 cm³/mol. The number of ether oxygens (including phenoxy) is 1. The monoisotopic (exact) mass is 254 g/mol. The molecule has 1 fully saturated rings. The Morgan fingerprint density at radius 2 is 2.00 bits per heavy atom. The van der Waals surface area contributed by atoms with Crippen LogP contribution in [0.1, 0.15) is 18.4 Å². The van der Waals surface area contributed by atoms with Gasteiger partial charge in [-0.2, -0.15) is 0 Å². The second kappa shape index (κ2) is 3.73. The highest BCUT2D eigenvalue weighted by Gasteiger charge is 2.41. The number of carbonyl (C=O) groups excluding carboxylic acids is 1. The number of esters is 1. The van der Waals surface area contributed by atoms with E-state index in [9.17, 15) is 4.79 Å². The Bertz CT molecular complexity index is 336. The Morgan fingerprint density at radius 3 is 2.64 bits per heavy atom. The Morgan fingerprint density at radius 1 is 1.29 bits per heavy atom. The number of alkyl halides is 1. The van der Waals surface area contributed by atoms with Gasteiger partial charge in [0.1, 0.15) is 4.32 Å². The van der Waals surface area contributed by atoms with Gasteiger partial charge in [0.15, 0.2) is 0 Å². The number of cyclic esters (lactones) is 1. The highest BCUT2D eigenvalue weighted by atomic mass is 79.9. The van der Waals surface area contributed by atoms with Crippen molar-refractivity contribution in [3.05, 3.63) is 35.9 Å². The first-order valence-electron chi connectivity index (χ1n) is 4.65. The molecule has 0 radical (unpaired) electrons. The lowest BCUT2D eigenvalue weighted by atomic mass is 9.93. The number of hydrogen-bond donors (Lipinski definition) is 0. The van der Waals surface area contributed by atoms with Crippen LogP contribution in [-0.4, -0.2) is 12.6 Å². The molecule has 1 aromatic carbocycles. The lowest BCUT2D eigenvalue weighted by Crippen LogP contribution is -2.35.